The van der Waals surface area contributed by atoms with Gasteiger partial charge < -0.3 is 15.0 Å². The SMILES string of the molecule is CNc1nc(CCc2ccc(OC)c(C)c2)c(C)[nH]1. The van der Waals surface area contributed by atoms with E-state index in [0.717, 1.165) is 35.9 Å². The Labute approximate surface area is 114 Å². The molecule has 0 aliphatic carbocycles. The van der Waals surface area contributed by atoms with Crippen molar-refractivity contribution in [1.82, 2.24) is 9.97 Å². The monoisotopic (exact) mass is 259 g/mol. The third-order valence-electron chi connectivity index (χ3n) is 3.33. The zero-order chi connectivity index (χ0) is 13.8. The standard InChI is InChI=1S/C15H21N3O/c1-10-9-12(6-8-14(10)19-4)5-7-13-11(2)17-15(16-3)18-13/h6,8-9H,5,7H2,1-4H3,(H2,16,17,18). The van der Waals surface area contributed by atoms with Crippen molar-refractivity contribution >= 4 is 5.95 Å². The average Bonchev–Trinajstić information content (AvgIpc) is 2.77. The maximum Gasteiger partial charge on any atom is 0.200 e. The first-order valence-corrected chi connectivity index (χ1v) is 6.50. The van der Waals surface area contributed by atoms with Crippen molar-refractivity contribution in [3.8, 4) is 5.75 Å². The summed E-state index contributed by atoms with van der Waals surface area (Å²) in [5.41, 5.74) is 4.74. The van der Waals surface area contributed by atoms with Crippen LogP contribution in [0.2, 0.25) is 0 Å². The molecular formula is C15H21N3O. The number of rotatable bonds is 5. The first-order valence-electron chi connectivity index (χ1n) is 6.50. The molecule has 2 aromatic rings. The van der Waals surface area contributed by atoms with Crippen LogP contribution in [0.15, 0.2) is 18.2 Å². The van der Waals surface area contributed by atoms with E-state index in [-0.39, 0.29) is 0 Å². The zero-order valence-corrected chi connectivity index (χ0v) is 12.0. The van der Waals surface area contributed by atoms with E-state index in [1.165, 1.54) is 11.1 Å². The fraction of sp³-hybridized carbons (Fsp3) is 0.400. The fourth-order valence-electron chi connectivity index (χ4n) is 2.22. The Morgan fingerprint density at radius 2 is 2.05 bits per heavy atom. The first-order chi connectivity index (χ1) is 9.13. The number of methoxy groups -OCH3 is 1. The molecule has 1 aromatic heterocycles. The Balaban J connectivity index is 2.05. The summed E-state index contributed by atoms with van der Waals surface area (Å²) in [5, 5.41) is 3.03. The zero-order valence-electron chi connectivity index (χ0n) is 12.0. The third-order valence-corrected chi connectivity index (χ3v) is 3.33. The van der Waals surface area contributed by atoms with Crippen LogP contribution in [0.25, 0.3) is 0 Å². The molecule has 0 fully saturated rings. The topological polar surface area (TPSA) is 49.9 Å². The molecule has 102 valence electrons. The van der Waals surface area contributed by atoms with Crippen LogP contribution in [0.4, 0.5) is 5.95 Å². The lowest BCUT2D eigenvalue weighted by Gasteiger charge is -2.07. The molecule has 0 bridgehead atoms. The molecule has 2 rings (SSSR count). The Morgan fingerprint density at radius 1 is 1.26 bits per heavy atom. The number of aryl methyl sites for hydroxylation is 4. The maximum absolute atomic E-state index is 5.27. The number of nitrogens with one attached hydrogen (secondary N) is 2. The van der Waals surface area contributed by atoms with Gasteiger partial charge in [-0.1, -0.05) is 12.1 Å². The van der Waals surface area contributed by atoms with E-state index in [0.29, 0.717) is 0 Å². The molecule has 0 aliphatic heterocycles. The molecule has 4 nitrogen and oxygen atoms in total. The van der Waals surface area contributed by atoms with E-state index >= 15 is 0 Å². The van der Waals surface area contributed by atoms with Crippen molar-refractivity contribution in [2.45, 2.75) is 26.7 Å². The average molecular weight is 259 g/mol. The highest BCUT2D eigenvalue weighted by Crippen LogP contribution is 2.20. The van der Waals surface area contributed by atoms with Crippen LogP contribution < -0.4 is 10.1 Å². The van der Waals surface area contributed by atoms with E-state index in [1.807, 2.05) is 13.1 Å². The number of hydrogen-bond acceptors (Lipinski definition) is 3. The summed E-state index contributed by atoms with van der Waals surface area (Å²) in [7, 11) is 3.57. The Kier molecular flexibility index (Phi) is 4.10. The van der Waals surface area contributed by atoms with E-state index in [9.17, 15) is 0 Å². The number of imidazole rings is 1. The van der Waals surface area contributed by atoms with Gasteiger partial charge in [-0.3, -0.25) is 0 Å². The maximum atomic E-state index is 5.27. The summed E-state index contributed by atoms with van der Waals surface area (Å²) >= 11 is 0. The summed E-state index contributed by atoms with van der Waals surface area (Å²) < 4.78 is 5.27. The molecule has 0 atom stereocenters. The molecular weight excluding hydrogens is 238 g/mol. The van der Waals surface area contributed by atoms with Crippen LogP contribution >= 0.6 is 0 Å². The quantitative estimate of drug-likeness (QED) is 0.868. The number of H-pyrrole nitrogens is 1. The summed E-state index contributed by atoms with van der Waals surface area (Å²) in [6, 6.07) is 6.33. The molecule has 1 heterocycles. The lowest BCUT2D eigenvalue weighted by Crippen LogP contribution is -1.96. The molecule has 2 N–H and O–H groups in total. The second kappa shape index (κ2) is 5.78. The van der Waals surface area contributed by atoms with Gasteiger partial charge in [-0.05, 0) is 43.9 Å². The second-order valence-electron chi connectivity index (χ2n) is 4.71. The van der Waals surface area contributed by atoms with E-state index in [1.54, 1.807) is 7.11 Å². The van der Waals surface area contributed by atoms with Gasteiger partial charge >= 0.3 is 0 Å². The molecule has 4 heteroatoms. The van der Waals surface area contributed by atoms with Gasteiger partial charge in [-0.15, -0.1) is 0 Å². The lowest BCUT2D eigenvalue weighted by atomic mass is 10.0. The summed E-state index contributed by atoms with van der Waals surface area (Å²) in [4.78, 5) is 7.73. The molecule has 0 radical (unpaired) electrons. The summed E-state index contributed by atoms with van der Waals surface area (Å²) in [5.74, 6) is 1.77. The number of hydrogen-bond donors (Lipinski definition) is 2. The van der Waals surface area contributed by atoms with E-state index < -0.39 is 0 Å². The number of anilines is 1. The molecule has 0 amide bonds. The van der Waals surface area contributed by atoms with Gasteiger partial charge in [0.25, 0.3) is 0 Å². The van der Waals surface area contributed by atoms with Gasteiger partial charge in [0, 0.05) is 12.7 Å². The summed E-state index contributed by atoms with van der Waals surface area (Å²) in [6.45, 7) is 4.13. The van der Waals surface area contributed by atoms with Gasteiger partial charge in [0.05, 0.1) is 12.8 Å². The number of ether oxygens (including phenoxy) is 1. The highest BCUT2D eigenvalue weighted by molar-refractivity contribution is 5.37. The molecule has 0 saturated carbocycles. The summed E-state index contributed by atoms with van der Waals surface area (Å²) in [6.07, 6.45) is 1.93. The van der Waals surface area contributed by atoms with Crippen LogP contribution in [0.5, 0.6) is 5.75 Å². The van der Waals surface area contributed by atoms with Crippen LogP contribution in [0.1, 0.15) is 22.5 Å². The predicted octanol–water partition coefficient (Wildman–Crippen LogP) is 2.86. The molecule has 19 heavy (non-hydrogen) atoms. The molecule has 0 spiro atoms. The Morgan fingerprint density at radius 3 is 2.63 bits per heavy atom. The molecule has 0 saturated heterocycles. The largest absolute Gasteiger partial charge is 0.496 e. The van der Waals surface area contributed by atoms with Crippen LogP contribution in [-0.2, 0) is 12.8 Å². The Bertz CT molecular complexity index is 561. The van der Waals surface area contributed by atoms with E-state index in [2.05, 4.69) is 41.3 Å². The molecule has 0 aliphatic rings. The van der Waals surface area contributed by atoms with Crippen molar-refractivity contribution < 1.29 is 4.74 Å². The number of nitrogens with zero attached hydrogens (tertiary/aromatic N) is 1. The highest BCUT2D eigenvalue weighted by Gasteiger charge is 2.06. The minimum absolute atomic E-state index is 0.832. The number of aromatic nitrogens is 2. The normalized spacial score (nSPS) is 10.5. The van der Waals surface area contributed by atoms with Crippen molar-refractivity contribution in [3.63, 3.8) is 0 Å². The minimum Gasteiger partial charge on any atom is -0.496 e. The van der Waals surface area contributed by atoms with Crippen LogP contribution in [0, 0.1) is 13.8 Å². The second-order valence-corrected chi connectivity index (χ2v) is 4.71. The van der Waals surface area contributed by atoms with Crippen molar-refractivity contribution in [3.05, 3.63) is 40.7 Å². The molecule has 1 aromatic carbocycles. The van der Waals surface area contributed by atoms with E-state index in [4.69, 9.17) is 4.74 Å². The van der Waals surface area contributed by atoms with Gasteiger partial charge in [0.1, 0.15) is 5.75 Å². The van der Waals surface area contributed by atoms with Gasteiger partial charge in [-0.25, -0.2) is 4.98 Å². The minimum atomic E-state index is 0.832. The lowest BCUT2D eigenvalue weighted by molar-refractivity contribution is 0.411. The van der Waals surface area contributed by atoms with Crippen LogP contribution in [0.3, 0.4) is 0 Å². The van der Waals surface area contributed by atoms with Gasteiger partial charge in [0.15, 0.2) is 5.95 Å². The number of aromatic amines is 1. The third kappa shape index (κ3) is 3.08. The highest BCUT2D eigenvalue weighted by atomic mass is 16.5. The number of benzene rings is 1. The first kappa shape index (κ1) is 13.5. The van der Waals surface area contributed by atoms with Crippen molar-refractivity contribution in [2.75, 3.05) is 19.5 Å². The smallest absolute Gasteiger partial charge is 0.200 e. The van der Waals surface area contributed by atoms with Gasteiger partial charge in [0.2, 0.25) is 0 Å². The Hall–Kier alpha value is -1.97. The fourth-order valence-corrected chi connectivity index (χ4v) is 2.22. The van der Waals surface area contributed by atoms with Crippen molar-refractivity contribution in [1.29, 1.82) is 0 Å². The molecule has 0 unspecified atom stereocenters. The van der Waals surface area contributed by atoms with Crippen molar-refractivity contribution in [2.24, 2.45) is 0 Å². The van der Waals surface area contributed by atoms with Gasteiger partial charge in [-0.2, -0.15) is 0 Å². The van der Waals surface area contributed by atoms with Crippen LogP contribution in [-0.4, -0.2) is 24.1 Å². The predicted molar refractivity (Wildman–Crippen MR) is 78.0 cm³/mol.